The van der Waals surface area contributed by atoms with Crippen molar-refractivity contribution in [3.63, 3.8) is 0 Å². The highest BCUT2D eigenvalue weighted by Gasteiger charge is 2.49. The van der Waals surface area contributed by atoms with E-state index in [1.165, 1.54) is 0 Å². The molecule has 0 aliphatic heterocycles. The molecule has 0 saturated carbocycles. The molecule has 1 rings (SSSR count). The third-order valence-corrected chi connectivity index (χ3v) is 3.30. The molecule has 0 atom stereocenters. The molecule has 0 saturated heterocycles. The van der Waals surface area contributed by atoms with Gasteiger partial charge in [0.25, 0.3) is 6.43 Å². The SMILES string of the molecule is COc1ccc(Cl)c(C(F)F)c1OS(=O)(=O)C(F)(F)F. The molecule has 11 heteroatoms. The summed E-state index contributed by atoms with van der Waals surface area (Å²) in [7, 11) is -5.19. The standard InChI is InChI=1S/C9H6ClF5O4S/c1-18-5-3-2-4(10)6(8(11)12)7(5)19-20(16,17)9(13,14)15/h2-3,8H,1H3. The van der Waals surface area contributed by atoms with Gasteiger partial charge in [0, 0.05) is 0 Å². The molecule has 114 valence electrons. The summed E-state index contributed by atoms with van der Waals surface area (Å²) in [6.45, 7) is 0. The highest BCUT2D eigenvalue weighted by Crippen LogP contribution is 2.43. The van der Waals surface area contributed by atoms with Gasteiger partial charge in [-0.15, -0.1) is 0 Å². The van der Waals surface area contributed by atoms with Crippen LogP contribution in [-0.4, -0.2) is 21.0 Å². The Kier molecular flexibility index (Phi) is 4.70. The Morgan fingerprint density at radius 3 is 2.20 bits per heavy atom. The summed E-state index contributed by atoms with van der Waals surface area (Å²) < 4.78 is 92.2. The predicted molar refractivity (Wildman–Crippen MR) is 58.6 cm³/mol. The van der Waals surface area contributed by atoms with Gasteiger partial charge >= 0.3 is 15.6 Å². The first-order valence-electron chi connectivity index (χ1n) is 4.66. The van der Waals surface area contributed by atoms with Crippen LogP contribution in [0.4, 0.5) is 22.0 Å². The van der Waals surface area contributed by atoms with E-state index < -0.39 is 44.1 Å². The van der Waals surface area contributed by atoms with Crippen molar-refractivity contribution in [2.24, 2.45) is 0 Å². The molecule has 0 fully saturated rings. The van der Waals surface area contributed by atoms with E-state index >= 15 is 0 Å². The maximum absolute atomic E-state index is 12.8. The van der Waals surface area contributed by atoms with Crippen LogP contribution in [0.2, 0.25) is 5.02 Å². The molecule has 0 aliphatic carbocycles. The topological polar surface area (TPSA) is 52.6 Å². The molecule has 0 unspecified atom stereocenters. The predicted octanol–water partition coefficient (Wildman–Crippen LogP) is 3.51. The minimum absolute atomic E-state index is 0.627. The summed E-state index contributed by atoms with van der Waals surface area (Å²) >= 11 is 5.40. The second-order valence-corrected chi connectivity index (χ2v) is 5.22. The van der Waals surface area contributed by atoms with Crippen molar-refractivity contribution in [2.45, 2.75) is 11.9 Å². The molecule has 20 heavy (non-hydrogen) atoms. The summed E-state index contributed by atoms with van der Waals surface area (Å²) in [5.41, 5.74) is -6.99. The molecule has 1 aromatic carbocycles. The second kappa shape index (κ2) is 5.60. The van der Waals surface area contributed by atoms with Gasteiger partial charge in [-0.3, -0.25) is 0 Å². The lowest BCUT2D eigenvalue weighted by Gasteiger charge is -2.16. The first-order valence-corrected chi connectivity index (χ1v) is 6.45. The minimum Gasteiger partial charge on any atom is -0.493 e. The van der Waals surface area contributed by atoms with E-state index in [-0.39, 0.29) is 0 Å². The molecule has 0 bridgehead atoms. The monoisotopic (exact) mass is 340 g/mol. The maximum atomic E-state index is 12.8. The van der Waals surface area contributed by atoms with Crippen molar-refractivity contribution < 1.29 is 39.3 Å². The lowest BCUT2D eigenvalue weighted by molar-refractivity contribution is -0.0501. The number of ether oxygens (including phenoxy) is 1. The lowest BCUT2D eigenvalue weighted by Crippen LogP contribution is -2.28. The minimum atomic E-state index is -6.13. The summed E-state index contributed by atoms with van der Waals surface area (Å²) in [5, 5.41) is -0.659. The van der Waals surface area contributed by atoms with Gasteiger partial charge in [0.1, 0.15) is 0 Å². The number of hydrogen-bond acceptors (Lipinski definition) is 4. The number of halogens is 6. The van der Waals surface area contributed by atoms with Gasteiger partial charge in [0.15, 0.2) is 11.5 Å². The second-order valence-electron chi connectivity index (χ2n) is 3.28. The number of alkyl halides is 5. The largest absolute Gasteiger partial charge is 0.534 e. The van der Waals surface area contributed by atoms with Crippen molar-refractivity contribution >= 4 is 21.7 Å². The molecule has 0 aromatic heterocycles. The van der Waals surface area contributed by atoms with Crippen molar-refractivity contribution in [1.82, 2.24) is 0 Å². The molecular weight excluding hydrogens is 335 g/mol. The van der Waals surface area contributed by atoms with Gasteiger partial charge in [0.05, 0.1) is 17.7 Å². The smallest absolute Gasteiger partial charge is 0.493 e. The van der Waals surface area contributed by atoms with Crippen LogP contribution in [0.15, 0.2) is 12.1 Å². The van der Waals surface area contributed by atoms with Crippen LogP contribution in [-0.2, 0) is 10.1 Å². The van der Waals surface area contributed by atoms with E-state index in [1.807, 2.05) is 0 Å². The highest BCUT2D eigenvalue weighted by atomic mass is 35.5. The summed E-state index contributed by atoms with van der Waals surface area (Å²) in [4.78, 5) is 0. The Morgan fingerprint density at radius 1 is 1.25 bits per heavy atom. The molecule has 4 nitrogen and oxygen atoms in total. The quantitative estimate of drug-likeness (QED) is 0.478. The fourth-order valence-electron chi connectivity index (χ4n) is 1.16. The van der Waals surface area contributed by atoms with Crippen LogP contribution in [0.25, 0.3) is 0 Å². The Bertz CT molecular complexity index is 599. The zero-order valence-electron chi connectivity index (χ0n) is 9.54. The van der Waals surface area contributed by atoms with Crippen LogP contribution >= 0.6 is 11.6 Å². The third-order valence-electron chi connectivity index (χ3n) is 2.02. The Balaban J connectivity index is 3.48. The number of benzene rings is 1. The summed E-state index contributed by atoms with van der Waals surface area (Å²) in [5.74, 6) is -1.93. The Labute approximate surface area is 115 Å². The van der Waals surface area contributed by atoms with Crippen LogP contribution in [0.5, 0.6) is 11.5 Å². The van der Waals surface area contributed by atoms with Gasteiger partial charge in [-0.25, -0.2) is 8.78 Å². The highest BCUT2D eigenvalue weighted by molar-refractivity contribution is 7.88. The summed E-state index contributed by atoms with van der Waals surface area (Å²) in [6, 6.07) is 1.81. The molecule has 0 radical (unpaired) electrons. The number of methoxy groups -OCH3 is 1. The first-order chi connectivity index (χ1) is 9.01. The molecule has 0 N–H and O–H groups in total. The van der Waals surface area contributed by atoms with Gasteiger partial charge < -0.3 is 8.92 Å². The van der Waals surface area contributed by atoms with Crippen LogP contribution < -0.4 is 8.92 Å². The van der Waals surface area contributed by atoms with Crippen LogP contribution in [0, 0.1) is 0 Å². The van der Waals surface area contributed by atoms with E-state index in [4.69, 9.17) is 11.6 Å². The van der Waals surface area contributed by atoms with Gasteiger partial charge in [-0.2, -0.15) is 21.6 Å². The lowest BCUT2D eigenvalue weighted by atomic mass is 10.2. The van der Waals surface area contributed by atoms with Gasteiger partial charge in [-0.1, -0.05) is 11.6 Å². The molecule has 0 amide bonds. The average Bonchev–Trinajstić information content (AvgIpc) is 2.26. The molecule has 1 aromatic rings. The fourth-order valence-corrected chi connectivity index (χ4v) is 1.88. The number of rotatable bonds is 4. The average molecular weight is 341 g/mol. The Morgan fingerprint density at radius 2 is 1.80 bits per heavy atom. The molecule has 0 heterocycles. The van der Waals surface area contributed by atoms with Crippen molar-refractivity contribution in [2.75, 3.05) is 7.11 Å². The summed E-state index contributed by atoms with van der Waals surface area (Å²) in [6.07, 6.45) is -3.36. The molecule has 0 aliphatic rings. The van der Waals surface area contributed by atoms with E-state index in [0.29, 0.717) is 0 Å². The Hall–Kier alpha value is -1.29. The maximum Gasteiger partial charge on any atom is 0.534 e. The zero-order chi connectivity index (χ0) is 15.7. The normalized spacial score (nSPS) is 12.6. The van der Waals surface area contributed by atoms with E-state index in [9.17, 15) is 30.4 Å². The third kappa shape index (κ3) is 3.23. The first kappa shape index (κ1) is 16.8. The molecular formula is C9H6ClF5O4S. The van der Waals surface area contributed by atoms with Crippen molar-refractivity contribution in [1.29, 1.82) is 0 Å². The zero-order valence-corrected chi connectivity index (χ0v) is 11.1. The van der Waals surface area contributed by atoms with Crippen LogP contribution in [0.3, 0.4) is 0 Å². The van der Waals surface area contributed by atoms with E-state index in [2.05, 4.69) is 8.92 Å². The van der Waals surface area contributed by atoms with Gasteiger partial charge in [-0.05, 0) is 12.1 Å². The van der Waals surface area contributed by atoms with Crippen molar-refractivity contribution in [3.8, 4) is 11.5 Å². The van der Waals surface area contributed by atoms with Crippen LogP contribution in [0.1, 0.15) is 12.0 Å². The van der Waals surface area contributed by atoms with Gasteiger partial charge in [0.2, 0.25) is 0 Å². The van der Waals surface area contributed by atoms with E-state index in [1.54, 1.807) is 0 Å². The fraction of sp³-hybridized carbons (Fsp3) is 0.333. The number of hydrogen-bond donors (Lipinski definition) is 0. The van der Waals surface area contributed by atoms with Crippen molar-refractivity contribution in [3.05, 3.63) is 22.7 Å². The van der Waals surface area contributed by atoms with E-state index in [0.717, 1.165) is 19.2 Å². The molecule has 0 spiro atoms.